The molecule has 1 unspecified atom stereocenters. The first-order valence-electron chi connectivity index (χ1n) is 6.64. The molecule has 1 heterocycles. The second kappa shape index (κ2) is 6.47. The van der Waals surface area contributed by atoms with E-state index in [1.54, 1.807) is 0 Å². The molecule has 0 aromatic heterocycles. The zero-order valence-corrected chi connectivity index (χ0v) is 14.2. The second-order valence-electron chi connectivity index (χ2n) is 4.76. The normalized spacial score (nSPS) is 15.4. The van der Waals surface area contributed by atoms with E-state index in [-0.39, 0.29) is 5.38 Å². The van der Waals surface area contributed by atoms with Gasteiger partial charge in [-0.3, -0.25) is 0 Å². The summed E-state index contributed by atoms with van der Waals surface area (Å²) in [5.74, 6) is 1.50. The fourth-order valence-corrected chi connectivity index (χ4v) is 3.22. The van der Waals surface area contributed by atoms with E-state index in [1.807, 2.05) is 36.4 Å². The Labute approximate surface area is 142 Å². The van der Waals surface area contributed by atoms with E-state index < -0.39 is 0 Å². The highest BCUT2D eigenvalue weighted by Gasteiger charge is 2.18. The summed E-state index contributed by atoms with van der Waals surface area (Å²) in [5, 5.41) is 0.289. The summed E-state index contributed by atoms with van der Waals surface area (Å²) in [6, 6.07) is 11.5. The van der Waals surface area contributed by atoms with Crippen molar-refractivity contribution in [2.75, 3.05) is 13.2 Å². The third-order valence-electron chi connectivity index (χ3n) is 3.32. The summed E-state index contributed by atoms with van der Waals surface area (Å²) in [6.45, 7) is 1.33. The van der Waals surface area contributed by atoms with Crippen LogP contribution in [0.2, 0.25) is 5.02 Å². The molecule has 2 aromatic carbocycles. The lowest BCUT2D eigenvalue weighted by Gasteiger charge is -2.15. The average molecular weight is 388 g/mol. The van der Waals surface area contributed by atoms with Crippen LogP contribution in [0.25, 0.3) is 0 Å². The van der Waals surface area contributed by atoms with Crippen LogP contribution >= 0.6 is 39.1 Å². The molecule has 5 heteroatoms. The molecule has 2 aromatic rings. The van der Waals surface area contributed by atoms with Crippen molar-refractivity contribution in [2.45, 2.75) is 11.8 Å². The van der Waals surface area contributed by atoms with Gasteiger partial charge in [0.15, 0.2) is 11.5 Å². The lowest BCUT2D eigenvalue weighted by molar-refractivity contribution is 0.297. The molecule has 0 fully saturated rings. The molecule has 3 rings (SSSR count). The molecule has 0 aliphatic carbocycles. The minimum Gasteiger partial charge on any atom is -0.490 e. The van der Waals surface area contributed by atoms with E-state index >= 15 is 0 Å². The van der Waals surface area contributed by atoms with Crippen LogP contribution in [-0.2, 0) is 0 Å². The zero-order chi connectivity index (χ0) is 14.8. The van der Waals surface area contributed by atoms with Crippen molar-refractivity contribution in [3.63, 3.8) is 0 Å². The predicted molar refractivity (Wildman–Crippen MR) is 88.9 cm³/mol. The van der Waals surface area contributed by atoms with Gasteiger partial charge in [-0.1, -0.05) is 29.8 Å². The van der Waals surface area contributed by atoms with Crippen LogP contribution < -0.4 is 9.47 Å². The van der Waals surface area contributed by atoms with Gasteiger partial charge in [0.1, 0.15) is 0 Å². The number of hydrogen-bond donors (Lipinski definition) is 0. The molecule has 110 valence electrons. The Bertz CT molecular complexity index is 661. The fraction of sp³-hybridized carbons (Fsp3) is 0.250. The molecular formula is C16H13BrCl2O2. The SMILES string of the molecule is Clc1c(Br)cccc1C(Cl)c1ccc2c(c1)OCCCO2. The van der Waals surface area contributed by atoms with Gasteiger partial charge in [-0.15, -0.1) is 11.6 Å². The van der Waals surface area contributed by atoms with Crippen LogP contribution in [0, 0.1) is 0 Å². The topological polar surface area (TPSA) is 18.5 Å². The predicted octanol–water partition coefficient (Wildman–Crippen LogP) is 5.59. The number of fused-ring (bicyclic) bond motifs is 1. The summed E-state index contributed by atoms with van der Waals surface area (Å²) in [7, 11) is 0. The van der Waals surface area contributed by atoms with E-state index in [0.717, 1.165) is 33.5 Å². The van der Waals surface area contributed by atoms with Gasteiger partial charge in [0.05, 0.1) is 23.6 Å². The molecule has 1 aliphatic heterocycles. The van der Waals surface area contributed by atoms with Gasteiger partial charge in [-0.2, -0.15) is 0 Å². The largest absolute Gasteiger partial charge is 0.490 e. The maximum Gasteiger partial charge on any atom is 0.161 e. The lowest BCUT2D eigenvalue weighted by Crippen LogP contribution is -1.98. The van der Waals surface area contributed by atoms with Gasteiger partial charge in [-0.25, -0.2) is 0 Å². The van der Waals surface area contributed by atoms with Crippen LogP contribution in [0.1, 0.15) is 22.9 Å². The van der Waals surface area contributed by atoms with Gasteiger partial charge < -0.3 is 9.47 Å². The van der Waals surface area contributed by atoms with E-state index in [0.29, 0.717) is 18.2 Å². The quantitative estimate of drug-likeness (QED) is 0.625. The molecule has 1 atom stereocenters. The summed E-state index contributed by atoms with van der Waals surface area (Å²) in [6.07, 6.45) is 0.881. The highest BCUT2D eigenvalue weighted by atomic mass is 79.9. The Morgan fingerprint density at radius 2 is 1.81 bits per heavy atom. The maximum absolute atomic E-state index is 6.59. The average Bonchev–Trinajstić information content (AvgIpc) is 2.74. The number of benzene rings is 2. The Morgan fingerprint density at radius 3 is 2.62 bits per heavy atom. The molecule has 0 radical (unpaired) electrons. The van der Waals surface area contributed by atoms with Crippen LogP contribution in [0.4, 0.5) is 0 Å². The first-order valence-corrected chi connectivity index (χ1v) is 8.25. The van der Waals surface area contributed by atoms with Crippen LogP contribution in [0.5, 0.6) is 11.5 Å². The number of ether oxygens (including phenoxy) is 2. The monoisotopic (exact) mass is 386 g/mol. The van der Waals surface area contributed by atoms with Crippen molar-refractivity contribution in [1.82, 2.24) is 0 Å². The van der Waals surface area contributed by atoms with Crippen molar-refractivity contribution < 1.29 is 9.47 Å². The van der Waals surface area contributed by atoms with Crippen molar-refractivity contribution >= 4 is 39.1 Å². The molecule has 21 heavy (non-hydrogen) atoms. The first kappa shape index (κ1) is 15.0. The fourth-order valence-electron chi connectivity index (χ4n) is 2.23. The number of rotatable bonds is 2. The molecule has 0 amide bonds. The third-order valence-corrected chi connectivity index (χ3v) is 5.12. The summed E-state index contributed by atoms with van der Waals surface area (Å²) >= 11 is 16.3. The second-order valence-corrected chi connectivity index (χ2v) is 6.43. The third kappa shape index (κ3) is 3.15. The van der Waals surface area contributed by atoms with Crippen molar-refractivity contribution in [3.05, 3.63) is 57.0 Å². The minimum absolute atomic E-state index is 0.341. The van der Waals surface area contributed by atoms with Gasteiger partial charge in [0.2, 0.25) is 0 Å². The van der Waals surface area contributed by atoms with E-state index in [4.69, 9.17) is 32.7 Å². The Hall–Kier alpha value is -0.900. The highest BCUT2D eigenvalue weighted by Crippen LogP contribution is 2.40. The summed E-state index contributed by atoms with van der Waals surface area (Å²) in [4.78, 5) is 0. The number of hydrogen-bond acceptors (Lipinski definition) is 2. The molecule has 0 saturated heterocycles. The van der Waals surface area contributed by atoms with Crippen molar-refractivity contribution in [1.29, 1.82) is 0 Å². The van der Waals surface area contributed by atoms with Crippen LogP contribution in [-0.4, -0.2) is 13.2 Å². The van der Waals surface area contributed by atoms with E-state index in [2.05, 4.69) is 15.9 Å². The molecule has 0 N–H and O–H groups in total. The standard InChI is InChI=1S/C16H13BrCl2O2/c17-12-4-1-3-11(16(12)19)15(18)10-5-6-13-14(9-10)21-8-2-7-20-13/h1,3-6,9,15H,2,7-8H2. The van der Waals surface area contributed by atoms with Gasteiger partial charge in [0, 0.05) is 10.9 Å². The molecule has 1 aliphatic rings. The van der Waals surface area contributed by atoms with Crippen LogP contribution in [0.3, 0.4) is 0 Å². The smallest absolute Gasteiger partial charge is 0.161 e. The maximum atomic E-state index is 6.59. The lowest BCUT2D eigenvalue weighted by atomic mass is 10.0. The summed E-state index contributed by atoms with van der Waals surface area (Å²) in [5.41, 5.74) is 1.79. The van der Waals surface area contributed by atoms with Crippen molar-refractivity contribution in [3.8, 4) is 11.5 Å². The first-order chi connectivity index (χ1) is 10.2. The minimum atomic E-state index is -0.341. The molecule has 0 saturated carbocycles. The molecule has 2 nitrogen and oxygen atoms in total. The zero-order valence-electron chi connectivity index (χ0n) is 11.1. The molecular weight excluding hydrogens is 375 g/mol. The van der Waals surface area contributed by atoms with Gasteiger partial charge in [-0.05, 0) is 45.3 Å². The van der Waals surface area contributed by atoms with E-state index in [9.17, 15) is 0 Å². The van der Waals surface area contributed by atoms with E-state index in [1.165, 1.54) is 0 Å². The van der Waals surface area contributed by atoms with Crippen molar-refractivity contribution in [2.24, 2.45) is 0 Å². The highest BCUT2D eigenvalue weighted by molar-refractivity contribution is 9.10. The van der Waals surface area contributed by atoms with Gasteiger partial charge in [0.25, 0.3) is 0 Å². The van der Waals surface area contributed by atoms with Gasteiger partial charge >= 0.3 is 0 Å². The number of halogens is 3. The Kier molecular flexibility index (Phi) is 4.63. The molecule has 0 bridgehead atoms. The molecule has 0 spiro atoms. The Morgan fingerprint density at radius 1 is 1.05 bits per heavy atom. The number of alkyl halides is 1. The Balaban J connectivity index is 1.96. The summed E-state index contributed by atoms with van der Waals surface area (Å²) < 4.78 is 12.2. The van der Waals surface area contributed by atoms with Crippen LogP contribution in [0.15, 0.2) is 40.9 Å².